The first-order chi connectivity index (χ1) is 9.69. The van der Waals surface area contributed by atoms with E-state index in [1.807, 2.05) is 6.07 Å². The molecule has 0 atom stereocenters. The second kappa shape index (κ2) is 4.59. The van der Waals surface area contributed by atoms with Crippen molar-refractivity contribution < 1.29 is 8.81 Å². The highest BCUT2D eigenvalue weighted by atomic mass is 19.1. The van der Waals surface area contributed by atoms with Gasteiger partial charge in [0.05, 0.1) is 0 Å². The largest absolute Gasteiger partial charge is 0.441 e. The number of aryl methyl sites for hydroxylation is 1. The molecular weight excluding hydrogens is 261 g/mol. The Balaban J connectivity index is 2.08. The average Bonchev–Trinajstić information content (AvgIpc) is 3.05. The van der Waals surface area contributed by atoms with E-state index in [1.165, 1.54) is 12.1 Å². The summed E-state index contributed by atoms with van der Waals surface area (Å²) in [4.78, 5) is 4.30. The predicted molar refractivity (Wildman–Crippen MR) is 66.7 cm³/mol. The summed E-state index contributed by atoms with van der Waals surface area (Å²) in [5, 5.41) is 18.9. The smallest absolute Gasteiger partial charge is 0.226 e. The Morgan fingerprint density at radius 2 is 1.95 bits per heavy atom. The highest BCUT2D eigenvalue weighted by molar-refractivity contribution is 5.65. The highest BCUT2D eigenvalue weighted by Gasteiger charge is 2.19. The summed E-state index contributed by atoms with van der Waals surface area (Å²) in [5.41, 5.74) is 1.56. The SMILES string of the molecule is Cc1oc(-c2ccc(F)cc2)nc1-c1n[nH]nc1C#N. The van der Waals surface area contributed by atoms with Crippen molar-refractivity contribution >= 4 is 0 Å². The second-order valence-electron chi connectivity index (χ2n) is 4.06. The Kier molecular flexibility index (Phi) is 2.76. The van der Waals surface area contributed by atoms with Crippen LogP contribution >= 0.6 is 0 Å². The van der Waals surface area contributed by atoms with Gasteiger partial charge in [-0.2, -0.15) is 15.6 Å². The van der Waals surface area contributed by atoms with Crippen LogP contribution in [0.2, 0.25) is 0 Å². The number of nitriles is 1. The lowest BCUT2D eigenvalue weighted by Gasteiger charge is -1.93. The summed E-state index contributed by atoms with van der Waals surface area (Å²) >= 11 is 0. The van der Waals surface area contributed by atoms with Crippen molar-refractivity contribution in [2.75, 3.05) is 0 Å². The van der Waals surface area contributed by atoms with Crippen molar-refractivity contribution in [3.63, 3.8) is 0 Å². The van der Waals surface area contributed by atoms with E-state index in [0.717, 1.165) is 0 Å². The van der Waals surface area contributed by atoms with Crippen LogP contribution in [0.15, 0.2) is 28.7 Å². The molecule has 1 aromatic carbocycles. The molecule has 2 aromatic heterocycles. The molecule has 0 bridgehead atoms. The molecule has 20 heavy (non-hydrogen) atoms. The van der Waals surface area contributed by atoms with Crippen LogP contribution in [0.5, 0.6) is 0 Å². The van der Waals surface area contributed by atoms with Crippen LogP contribution < -0.4 is 0 Å². The van der Waals surface area contributed by atoms with Gasteiger partial charge in [0.2, 0.25) is 5.89 Å². The van der Waals surface area contributed by atoms with Gasteiger partial charge in [-0.15, -0.1) is 5.10 Å². The minimum atomic E-state index is -0.333. The molecule has 0 aliphatic carbocycles. The van der Waals surface area contributed by atoms with Crippen molar-refractivity contribution in [2.24, 2.45) is 0 Å². The minimum absolute atomic E-state index is 0.145. The lowest BCUT2D eigenvalue weighted by molar-refractivity contribution is 0.543. The Morgan fingerprint density at radius 3 is 2.65 bits per heavy atom. The normalized spacial score (nSPS) is 10.4. The fraction of sp³-hybridized carbons (Fsp3) is 0.0769. The molecule has 6 nitrogen and oxygen atoms in total. The van der Waals surface area contributed by atoms with E-state index in [2.05, 4.69) is 20.4 Å². The number of hydrogen-bond acceptors (Lipinski definition) is 5. The number of rotatable bonds is 2. The predicted octanol–water partition coefficient (Wildman–Crippen LogP) is 2.45. The molecule has 3 aromatic rings. The second-order valence-corrected chi connectivity index (χ2v) is 4.06. The number of halogens is 1. The summed E-state index contributed by atoms with van der Waals surface area (Å²) in [7, 11) is 0. The first-order valence-electron chi connectivity index (χ1n) is 5.73. The lowest BCUT2D eigenvalue weighted by atomic mass is 10.2. The standard InChI is InChI=1S/C13H8FN5O/c1-7-11(12-10(6-15)17-19-18-12)16-13(20-7)8-2-4-9(14)5-3-8/h2-5H,1H3,(H,17,18,19). The number of nitrogens with zero attached hydrogens (tertiary/aromatic N) is 4. The van der Waals surface area contributed by atoms with Gasteiger partial charge in [0, 0.05) is 5.56 Å². The number of nitrogens with one attached hydrogen (secondary N) is 1. The molecule has 0 saturated heterocycles. The third-order valence-electron chi connectivity index (χ3n) is 2.77. The number of benzene rings is 1. The zero-order valence-electron chi connectivity index (χ0n) is 10.4. The van der Waals surface area contributed by atoms with Gasteiger partial charge in [-0.1, -0.05) is 0 Å². The van der Waals surface area contributed by atoms with Crippen molar-refractivity contribution in [3.05, 3.63) is 41.5 Å². The van der Waals surface area contributed by atoms with E-state index >= 15 is 0 Å². The fourth-order valence-corrected chi connectivity index (χ4v) is 1.81. The van der Waals surface area contributed by atoms with Gasteiger partial charge < -0.3 is 4.42 Å². The fourth-order valence-electron chi connectivity index (χ4n) is 1.81. The molecule has 0 unspecified atom stereocenters. The molecule has 0 amide bonds. The van der Waals surface area contributed by atoms with Crippen LogP contribution in [-0.2, 0) is 0 Å². The number of aromatic amines is 1. The van der Waals surface area contributed by atoms with Crippen LogP contribution in [0, 0.1) is 24.1 Å². The zero-order chi connectivity index (χ0) is 14.1. The Morgan fingerprint density at radius 1 is 1.20 bits per heavy atom. The molecule has 98 valence electrons. The number of oxazole rings is 1. The van der Waals surface area contributed by atoms with E-state index in [1.54, 1.807) is 19.1 Å². The Bertz CT molecular complexity index is 797. The van der Waals surface area contributed by atoms with E-state index in [4.69, 9.17) is 9.68 Å². The van der Waals surface area contributed by atoms with E-state index in [0.29, 0.717) is 28.6 Å². The third kappa shape index (κ3) is 1.93. The monoisotopic (exact) mass is 269 g/mol. The summed E-state index contributed by atoms with van der Waals surface area (Å²) in [6.45, 7) is 1.71. The van der Waals surface area contributed by atoms with Crippen molar-refractivity contribution in [1.82, 2.24) is 20.4 Å². The molecule has 0 spiro atoms. The minimum Gasteiger partial charge on any atom is -0.441 e. The molecular formula is C13H8FN5O. The van der Waals surface area contributed by atoms with Crippen LogP contribution in [0.3, 0.4) is 0 Å². The average molecular weight is 269 g/mol. The van der Waals surface area contributed by atoms with Gasteiger partial charge in [-0.05, 0) is 31.2 Å². The van der Waals surface area contributed by atoms with Crippen LogP contribution in [0.4, 0.5) is 4.39 Å². The summed E-state index contributed by atoms with van der Waals surface area (Å²) in [6, 6.07) is 7.71. The molecule has 0 fully saturated rings. The first-order valence-corrected chi connectivity index (χ1v) is 5.73. The summed E-state index contributed by atoms with van der Waals surface area (Å²) < 4.78 is 18.4. The maximum Gasteiger partial charge on any atom is 0.226 e. The van der Waals surface area contributed by atoms with Crippen molar-refractivity contribution in [1.29, 1.82) is 5.26 Å². The molecule has 2 heterocycles. The molecule has 0 aliphatic heterocycles. The van der Waals surface area contributed by atoms with E-state index < -0.39 is 0 Å². The van der Waals surface area contributed by atoms with Gasteiger partial charge in [0.15, 0.2) is 11.4 Å². The van der Waals surface area contributed by atoms with E-state index in [9.17, 15) is 4.39 Å². The van der Waals surface area contributed by atoms with Crippen LogP contribution in [0.1, 0.15) is 11.5 Å². The van der Waals surface area contributed by atoms with Gasteiger partial charge in [0.25, 0.3) is 0 Å². The quantitative estimate of drug-likeness (QED) is 0.771. The molecule has 1 N–H and O–H groups in total. The highest BCUT2D eigenvalue weighted by Crippen LogP contribution is 2.28. The number of hydrogen-bond donors (Lipinski definition) is 1. The zero-order valence-corrected chi connectivity index (χ0v) is 10.4. The lowest BCUT2D eigenvalue weighted by Crippen LogP contribution is -1.85. The van der Waals surface area contributed by atoms with E-state index in [-0.39, 0.29) is 11.5 Å². The summed E-state index contributed by atoms with van der Waals surface area (Å²) in [6.07, 6.45) is 0. The molecule has 0 saturated carbocycles. The van der Waals surface area contributed by atoms with Crippen molar-refractivity contribution in [2.45, 2.75) is 6.92 Å². The third-order valence-corrected chi connectivity index (χ3v) is 2.77. The Hall–Kier alpha value is -3.01. The number of aromatic nitrogens is 4. The van der Waals surface area contributed by atoms with Crippen LogP contribution in [-0.4, -0.2) is 20.4 Å². The molecule has 0 aliphatic rings. The molecule has 0 radical (unpaired) electrons. The first kappa shape index (κ1) is 12.0. The molecule has 7 heteroatoms. The van der Waals surface area contributed by atoms with Crippen molar-refractivity contribution in [3.8, 4) is 28.9 Å². The number of H-pyrrole nitrogens is 1. The van der Waals surface area contributed by atoms with Crippen LogP contribution in [0.25, 0.3) is 22.8 Å². The maximum absolute atomic E-state index is 12.9. The summed E-state index contributed by atoms with van der Waals surface area (Å²) in [5.74, 6) is 0.514. The topological polar surface area (TPSA) is 91.4 Å². The van der Waals surface area contributed by atoms with Gasteiger partial charge >= 0.3 is 0 Å². The van der Waals surface area contributed by atoms with Gasteiger partial charge in [0.1, 0.15) is 23.3 Å². The molecule has 3 rings (SSSR count). The Labute approximate surface area is 112 Å². The van der Waals surface area contributed by atoms with Gasteiger partial charge in [-0.3, -0.25) is 0 Å². The maximum atomic E-state index is 12.9. The van der Waals surface area contributed by atoms with Gasteiger partial charge in [-0.25, -0.2) is 9.37 Å².